The third-order valence-electron chi connectivity index (χ3n) is 5.13. The number of aliphatic hydroxyl groups is 1. The maximum absolute atomic E-state index is 13.3. The first kappa shape index (κ1) is 17.7. The van der Waals surface area contributed by atoms with E-state index in [1.807, 2.05) is 23.1 Å². The van der Waals surface area contributed by atoms with Crippen LogP contribution in [0.2, 0.25) is 0 Å². The number of methoxy groups -OCH3 is 2. The van der Waals surface area contributed by atoms with E-state index in [0.717, 1.165) is 29.9 Å². The Morgan fingerprint density at radius 1 is 1.33 bits per heavy atom. The van der Waals surface area contributed by atoms with E-state index in [1.165, 1.54) is 6.20 Å². The summed E-state index contributed by atoms with van der Waals surface area (Å²) < 4.78 is 18.0. The number of fused-ring (bicyclic) bond motifs is 1. The lowest BCUT2D eigenvalue weighted by atomic mass is 10.0. The highest BCUT2D eigenvalue weighted by Gasteiger charge is 2.36. The van der Waals surface area contributed by atoms with Gasteiger partial charge >= 0.3 is 0 Å². The van der Waals surface area contributed by atoms with E-state index in [-0.39, 0.29) is 18.6 Å². The van der Waals surface area contributed by atoms with Gasteiger partial charge in [-0.1, -0.05) is 0 Å². The second kappa shape index (κ2) is 7.11. The minimum absolute atomic E-state index is 0.104. The minimum atomic E-state index is -0.610. The molecule has 8 heteroatoms. The summed E-state index contributed by atoms with van der Waals surface area (Å²) in [5, 5.41) is 13.9. The Kier molecular flexibility index (Phi) is 4.65. The second-order valence-electron chi connectivity index (χ2n) is 6.77. The topological polar surface area (TPSA) is 86.1 Å². The first-order valence-electron chi connectivity index (χ1n) is 9.02. The molecule has 0 spiro atoms. The van der Waals surface area contributed by atoms with Crippen LogP contribution in [0.4, 0.5) is 0 Å². The van der Waals surface area contributed by atoms with Crippen molar-refractivity contribution < 1.29 is 24.1 Å². The van der Waals surface area contributed by atoms with Crippen LogP contribution in [0.25, 0.3) is 0 Å². The molecule has 2 aliphatic heterocycles. The Bertz CT molecular complexity index is 850. The normalized spacial score (nSPS) is 21.5. The molecule has 1 aromatic heterocycles. The number of aliphatic hydroxyl groups excluding tert-OH is 1. The zero-order valence-electron chi connectivity index (χ0n) is 15.4. The molecule has 3 heterocycles. The number of amides is 1. The fourth-order valence-corrected chi connectivity index (χ4v) is 3.82. The molecule has 1 N–H and O–H groups in total. The summed E-state index contributed by atoms with van der Waals surface area (Å²) in [6, 6.07) is 5.53. The monoisotopic (exact) mass is 373 g/mol. The van der Waals surface area contributed by atoms with E-state index in [0.29, 0.717) is 24.5 Å². The van der Waals surface area contributed by atoms with Crippen molar-refractivity contribution in [3.63, 3.8) is 0 Å². The maximum atomic E-state index is 13.3. The third-order valence-corrected chi connectivity index (χ3v) is 5.13. The third kappa shape index (κ3) is 3.10. The van der Waals surface area contributed by atoms with Crippen LogP contribution < -0.4 is 14.2 Å². The predicted octanol–water partition coefficient (Wildman–Crippen LogP) is 1.63. The molecule has 1 saturated heterocycles. The molecular weight excluding hydrogens is 350 g/mol. The molecule has 0 radical (unpaired) electrons. The molecule has 144 valence electrons. The highest BCUT2D eigenvalue weighted by atomic mass is 16.5. The molecule has 2 aliphatic rings. The number of carbonyl (C=O) groups excluding carboxylic acids is 1. The van der Waals surface area contributed by atoms with Crippen molar-refractivity contribution >= 4 is 5.91 Å². The molecule has 8 nitrogen and oxygen atoms in total. The van der Waals surface area contributed by atoms with E-state index in [1.54, 1.807) is 18.9 Å². The summed E-state index contributed by atoms with van der Waals surface area (Å²) in [6.07, 6.45) is 2.66. The Morgan fingerprint density at radius 2 is 2.19 bits per heavy atom. The van der Waals surface area contributed by atoms with Crippen LogP contribution >= 0.6 is 0 Å². The molecule has 1 amide bonds. The Labute approximate surface area is 157 Å². The van der Waals surface area contributed by atoms with E-state index >= 15 is 0 Å². The van der Waals surface area contributed by atoms with E-state index in [9.17, 15) is 9.90 Å². The average molecular weight is 373 g/mol. The van der Waals surface area contributed by atoms with Crippen LogP contribution in [-0.4, -0.2) is 59.2 Å². The van der Waals surface area contributed by atoms with Crippen molar-refractivity contribution in [3.05, 3.63) is 35.5 Å². The molecule has 0 saturated carbocycles. The van der Waals surface area contributed by atoms with Gasteiger partial charge in [-0.2, -0.15) is 5.10 Å². The van der Waals surface area contributed by atoms with Crippen molar-refractivity contribution in [3.8, 4) is 17.4 Å². The number of ether oxygens (including phenoxy) is 3. The van der Waals surface area contributed by atoms with Crippen molar-refractivity contribution in [2.45, 2.75) is 31.5 Å². The maximum Gasteiger partial charge on any atom is 0.261 e. The van der Waals surface area contributed by atoms with Gasteiger partial charge in [0, 0.05) is 12.1 Å². The van der Waals surface area contributed by atoms with Crippen molar-refractivity contribution in [2.24, 2.45) is 0 Å². The van der Waals surface area contributed by atoms with Gasteiger partial charge in [-0.15, -0.1) is 0 Å². The molecule has 0 bridgehead atoms. The average Bonchev–Trinajstić information content (AvgIpc) is 3.33. The number of hydrogen-bond acceptors (Lipinski definition) is 6. The van der Waals surface area contributed by atoms with Gasteiger partial charge in [0.2, 0.25) is 5.88 Å². The molecule has 2 unspecified atom stereocenters. The molecule has 2 aromatic rings. The lowest BCUT2D eigenvalue weighted by molar-refractivity contribution is 0.0528. The molecule has 2 atom stereocenters. The molecule has 4 rings (SSSR count). The molecule has 1 aromatic carbocycles. The highest BCUT2D eigenvalue weighted by Crippen LogP contribution is 2.40. The van der Waals surface area contributed by atoms with Crippen LogP contribution in [-0.2, 0) is 6.54 Å². The minimum Gasteiger partial charge on any atom is -0.497 e. The standard InChI is InChI=1S/C19H23N3O5/c1-25-13-5-6-17(26-2)14(8-13)16-4-3-7-21(16)18(24)15-9-20-22-10-12(23)11-27-19(15)22/h5-6,8-9,12,16,23H,3-4,7,10-11H2,1-2H3. The van der Waals surface area contributed by atoms with Crippen molar-refractivity contribution in [1.82, 2.24) is 14.7 Å². The zero-order valence-corrected chi connectivity index (χ0v) is 15.4. The second-order valence-corrected chi connectivity index (χ2v) is 6.77. The number of carbonyl (C=O) groups is 1. The number of benzene rings is 1. The summed E-state index contributed by atoms with van der Waals surface area (Å²) in [6.45, 7) is 1.14. The summed E-state index contributed by atoms with van der Waals surface area (Å²) in [7, 11) is 3.24. The van der Waals surface area contributed by atoms with Gasteiger partial charge in [-0.25, -0.2) is 4.68 Å². The number of likely N-dealkylation sites (tertiary alicyclic amines) is 1. The molecule has 0 aliphatic carbocycles. The van der Waals surface area contributed by atoms with Crippen LogP contribution in [0.3, 0.4) is 0 Å². The number of rotatable bonds is 4. The summed E-state index contributed by atoms with van der Waals surface area (Å²) in [4.78, 5) is 15.1. The molecule has 27 heavy (non-hydrogen) atoms. The van der Waals surface area contributed by atoms with Crippen molar-refractivity contribution in [2.75, 3.05) is 27.4 Å². The highest BCUT2D eigenvalue weighted by molar-refractivity contribution is 5.96. The molecule has 1 fully saturated rings. The van der Waals surface area contributed by atoms with Crippen molar-refractivity contribution in [1.29, 1.82) is 0 Å². The van der Waals surface area contributed by atoms with Gasteiger partial charge in [0.15, 0.2) is 0 Å². The van der Waals surface area contributed by atoms with Crippen LogP contribution in [0.15, 0.2) is 24.4 Å². The van der Waals surface area contributed by atoms with Gasteiger partial charge < -0.3 is 24.2 Å². The van der Waals surface area contributed by atoms with Crippen LogP contribution in [0, 0.1) is 0 Å². The first-order chi connectivity index (χ1) is 13.1. The smallest absolute Gasteiger partial charge is 0.261 e. The predicted molar refractivity (Wildman–Crippen MR) is 96.3 cm³/mol. The zero-order chi connectivity index (χ0) is 19.0. The number of nitrogens with zero attached hydrogens (tertiary/aromatic N) is 3. The lowest BCUT2D eigenvalue weighted by Crippen LogP contribution is -2.33. The SMILES string of the molecule is COc1ccc(OC)c(C2CCCN2C(=O)c2cnn3c2OCC(O)C3)c1. The van der Waals surface area contributed by atoms with E-state index in [2.05, 4.69) is 5.10 Å². The van der Waals surface area contributed by atoms with Crippen LogP contribution in [0.5, 0.6) is 17.4 Å². The molecular formula is C19H23N3O5. The lowest BCUT2D eigenvalue weighted by Gasteiger charge is -2.27. The summed E-state index contributed by atoms with van der Waals surface area (Å²) in [5.41, 5.74) is 1.36. The van der Waals surface area contributed by atoms with Crippen LogP contribution in [0.1, 0.15) is 34.8 Å². The Balaban J connectivity index is 1.65. The van der Waals surface area contributed by atoms with Gasteiger partial charge in [-0.3, -0.25) is 4.79 Å². The number of hydrogen-bond donors (Lipinski definition) is 1. The summed E-state index contributed by atoms with van der Waals surface area (Å²) >= 11 is 0. The first-order valence-corrected chi connectivity index (χ1v) is 9.02. The van der Waals surface area contributed by atoms with E-state index < -0.39 is 6.10 Å². The Hall–Kier alpha value is -2.74. The Morgan fingerprint density at radius 3 is 2.96 bits per heavy atom. The largest absolute Gasteiger partial charge is 0.497 e. The van der Waals surface area contributed by atoms with Gasteiger partial charge in [0.25, 0.3) is 5.91 Å². The van der Waals surface area contributed by atoms with Gasteiger partial charge in [0.1, 0.15) is 29.8 Å². The van der Waals surface area contributed by atoms with Gasteiger partial charge in [-0.05, 0) is 31.0 Å². The summed E-state index contributed by atoms with van der Waals surface area (Å²) in [5.74, 6) is 1.76. The quantitative estimate of drug-likeness (QED) is 0.877. The van der Waals surface area contributed by atoms with Gasteiger partial charge in [0.05, 0.1) is 33.0 Å². The number of aromatic nitrogens is 2. The fraction of sp³-hybridized carbons (Fsp3) is 0.474. The fourth-order valence-electron chi connectivity index (χ4n) is 3.82. The van der Waals surface area contributed by atoms with E-state index in [4.69, 9.17) is 14.2 Å².